The van der Waals surface area contributed by atoms with Gasteiger partial charge in [-0.3, -0.25) is 9.59 Å². The lowest BCUT2D eigenvalue weighted by Crippen LogP contribution is -2.42. The van der Waals surface area contributed by atoms with Gasteiger partial charge in [0.25, 0.3) is 11.8 Å². The van der Waals surface area contributed by atoms with Crippen LogP contribution in [-0.4, -0.2) is 38.3 Å². The van der Waals surface area contributed by atoms with Crippen molar-refractivity contribution in [3.8, 4) is 11.3 Å². The zero-order chi connectivity index (χ0) is 26.2. The highest BCUT2D eigenvalue weighted by molar-refractivity contribution is 6.20. The third kappa shape index (κ3) is 4.09. The fourth-order valence-corrected chi connectivity index (χ4v) is 4.45. The van der Waals surface area contributed by atoms with E-state index in [9.17, 15) is 14.0 Å². The molecule has 186 valence electrons. The molecule has 5 aromatic rings. The van der Waals surface area contributed by atoms with Gasteiger partial charge in [-0.25, -0.2) is 18.9 Å². The average Bonchev–Trinajstić information content (AvgIpc) is 3.23. The maximum Gasteiger partial charge on any atom is 0.269 e. The van der Waals surface area contributed by atoms with Crippen LogP contribution in [0.25, 0.3) is 16.9 Å². The molecule has 0 saturated carbocycles. The first kappa shape index (κ1) is 23.2. The van der Waals surface area contributed by atoms with Crippen molar-refractivity contribution in [1.29, 1.82) is 0 Å². The number of rotatable bonds is 4. The molecule has 0 bridgehead atoms. The minimum absolute atomic E-state index is 0.0461. The van der Waals surface area contributed by atoms with Crippen molar-refractivity contribution in [3.63, 3.8) is 0 Å². The molecule has 2 N–H and O–H groups in total. The number of aliphatic imine (C=N–C) groups is 1. The molecule has 1 aliphatic heterocycles. The van der Waals surface area contributed by atoms with Crippen molar-refractivity contribution >= 4 is 28.9 Å². The second kappa shape index (κ2) is 9.36. The summed E-state index contributed by atoms with van der Waals surface area (Å²) in [7, 11) is 0. The summed E-state index contributed by atoms with van der Waals surface area (Å²) >= 11 is 0. The molecule has 3 aromatic carbocycles. The van der Waals surface area contributed by atoms with Gasteiger partial charge < -0.3 is 10.6 Å². The van der Waals surface area contributed by atoms with Crippen LogP contribution in [0.4, 0.5) is 10.1 Å². The summed E-state index contributed by atoms with van der Waals surface area (Å²) in [4.78, 5) is 36.2. The fraction of sp³-hybridized carbons (Fsp3) is 0.0690. The maximum atomic E-state index is 14.8. The number of nitrogens with zero attached hydrogens (tertiary/aromatic N) is 4. The van der Waals surface area contributed by atoms with Crippen molar-refractivity contribution in [1.82, 2.24) is 19.9 Å². The lowest BCUT2D eigenvalue weighted by atomic mass is 10.0. The second-order valence-corrected chi connectivity index (χ2v) is 8.80. The Balaban J connectivity index is 1.46. The van der Waals surface area contributed by atoms with E-state index >= 15 is 0 Å². The molecule has 0 unspecified atom stereocenters. The van der Waals surface area contributed by atoms with Gasteiger partial charge in [0.15, 0.2) is 5.65 Å². The molecule has 3 heterocycles. The highest BCUT2D eigenvalue weighted by Gasteiger charge is 2.30. The number of carbonyl (C=O) groups is 2. The van der Waals surface area contributed by atoms with E-state index in [2.05, 4.69) is 25.7 Å². The Hall–Kier alpha value is -5.18. The Morgan fingerprint density at radius 3 is 2.45 bits per heavy atom. The molecular weight excluding hydrogens is 483 g/mol. The van der Waals surface area contributed by atoms with Crippen LogP contribution in [0.2, 0.25) is 0 Å². The number of benzodiazepines with no additional fused rings is 1. The molecule has 2 amide bonds. The van der Waals surface area contributed by atoms with Crippen molar-refractivity contribution in [2.75, 3.05) is 5.32 Å². The van der Waals surface area contributed by atoms with E-state index in [0.717, 1.165) is 11.1 Å². The maximum absolute atomic E-state index is 14.8. The van der Waals surface area contributed by atoms with E-state index in [1.165, 1.54) is 10.6 Å². The largest absolute Gasteiger partial charge is 0.322 e. The molecule has 9 heteroatoms. The number of benzene rings is 3. The molecule has 2 aromatic heterocycles. The van der Waals surface area contributed by atoms with E-state index in [1.54, 1.807) is 43.5 Å². The molecule has 0 radical (unpaired) electrons. The standard InChI is InChI=1S/C29H21FN6O2/c1-17-15-16-36-27(31-17)23(25(35-36)19-11-5-7-13-21(19)30)28(37)34-26-29(38)32-22-14-8-6-12-20(22)24(33-26)18-9-3-2-4-10-18/h2-16,26H,1H3,(H,32,38)(H,34,37)/t26-/m1/s1. The van der Waals surface area contributed by atoms with E-state index in [0.29, 0.717) is 17.1 Å². The number of amides is 2. The van der Waals surface area contributed by atoms with Gasteiger partial charge in [0, 0.05) is 28.6 Å². The zero-order valence-electron chi connectivity index (χ0n) is 20.2. The Morgan fingerprint density at radius 1 is 0.947 bits per heavy atom. The number of para-hydroxylation sites is 1. The number of aromatic nitrogens is 3. The quantitative estimate of drug-likeness (QED) is 0.379. The van der Waals surface area contributed by atoms with Gasteiger partial charge in [0.05, 0.1) is 11.4 Å². The van der Waals surface area contributed by atoms with E-state index in [-0.39, 0.29) is 22.5 Å². The predicted octanol–water partition coefficient (Wildman–Crippen LogP) is 4.39. The summed E-state index contributed by atoms with van der Waals surface area (Å²) in [6, 6.07) is 24.5. The van der Waals surface area contributed by atoms with Gasteiger partial charge in [0.1, 0.15) is 17.1 Å². The summed E-state index contributed by atoms with van der Waals surface area (Å²) in [5, 5.41) is 10.0. The van der Waals surface area contributed by atoms with Crippen LogP contribution in [0.1, 0.15) is 27.2 Å². The molecule has 0 fully saturated rings. The molecule has 38 heavy (non-hydrogen) atoms. The van der Waals surface area contributed by atoms with E-state index < -0.39 is 23.8 Å². The minimum atomic E-state index is -1.27. The number of nitrogens with one attached hydrogen (secondary N) is 2. The lowest BCUT2D eigenvalue weighted by molar-refractivity contribution is -0.117. The van der Waals surface area contributed by atoms with Crippen LogP contribution >= 0.6 is 0 Å². The van der Waals surface area contributed by atoms with Crippen LogP contribution in [0.5, 0.6) is 0 Å². The van der Waals surface area contributed by atoms with Gasteiger partial charge >= 0.3 is 0 Å². The van der Waals surface area contributed by atoms with Crippen molar-refractivity contribution in [2.45, 2.75) is 13.1 Å². The topological polar surface area (TPSA) is 101 Å². The molecule has 0 spiro atoms. The predicted molar refractivity (Wildman–Crippen MR) is 142 cm³/mol. The molecule has 1 aliphatic rings. The third-order valence-corrected chi connectivity index (χ3v) is 6.24. The minimum Gasteiger partial charge on any atom is -0.322 e. The molecular formula is C29H21FN6O2. The first-order valence-corrected chi connectivity index (χ1v) is 11.9. The summed E-state index contributed by atoms with van der Waals surface area (Å²) < 4.78 is 16.2. The monoisotopic (exact) mass is 504 g/mol. The van der Waals surface area contributed by atoms with Crippen LogP contribution in [0.3, 0.4) is 0 Å². The fourth-order valence-electron chi connectivity index (χ4n) is 4.45. The number of halogens is 1. The lowest BCUT2D eigenvalue weighted by Gasteiger charge is -2.14. The van der Waals surface area contributed by atoms with Gasteiger partial charge in [-0.1, -0.05) is 60.7 Å². The zero-order valence-corrected chi connectivity index (χ0v) is 20.2. The summed E-state index contributed by atoms with van der Waals surface area (Å²) in [6.45, 7) is 1.78. The van der Waals surface area contributed by atoms with Gasteiger partial charge in [0.2, 0.25) is 6.17 Å². The third-order valence-electron chi connectivity index (χ3n) is 6.24. The number of carbonyl (C=O) groups excluding carboxylic acids is 2. The van der Waals surface area contributed by atoms with Crippen molar-refractivity contribution < 1.29 is 14.0 Å². The molecule has 0 saturated heterocycles. The summed E-state index contributed by atoms with van der Waals surface area (Å²) in [6.07, 6.45) is 0.387. The molecule has 0 aliphatic carbocycles. The van der Waals surface area contributed by atoms with Crippen LogP contribution < -0.4 is 10.6 Å². The SMILES string of the molecule is Cc1ccn2nc(-c3ccccc3F)c(C(=O)N[C@H]3N=C(c4ccccc4)c4ccccc4NC3=O)c2n1. The van der Waals surface area contributed by atoms with Crippen molar-refractivity contribution in [3.05, 3.63) is 119 Å². The van der Waals surface area contributed by atoms with E-state index in [4.69, 9.17) is 0 Å². The average molecular weight is 505 g/mol. The molecule has 8 nitrogen and oxygen atoms in total. The van der Waals surface area contributed by atoms with Gasteiger partial charge in [-0.2, -0.15) is 5.10 Å². The molecule has 1 atom stereocenters. The number of hydrogen-bond acceptors (Lipinski definition) is 5. The summed E-state index contributed by atoms with van der Waals surface area (Å²) in [5.41, 5.74) is 3.84. The highest BCUT2D eigenvalue weighted by atomic mass is 19.1. The number of fused-ring (bicyclic) bond motifs is 2. The Bertz CT molecular complexity index is 1750. The van der Waals surface area contributed by atoms with Crippen molar-refractivity contribution in [2.24, 2.45) is 4.99 Å². The van der Waals surface area contributed by atoms with Gasteiger partial charge in [-0.05, 0) is 31.2 Å². The number of anilines is 1. The highest BCUT2D eigenvalue weighted by Crippen LogP contribution is 2.29. The van der Waals surface area contributed by atoms with E-state index in [1.807, 2.05) is 48.5 Å². The summed E-state index contributed by atoms with van der Waals surface area (Å²) in [5.74, 6) is -1.70. The second-order valence-electron chi connectivity index (χ2n) is 8.80. The first-order chi connectivity index (χ1) is 18.5. The number of aryl methyl sites for hydroxylation is 1. The Kier molecular flexibility index (Phi) is 5.72. The Labute approximate surface area is 216 Å². The van der Waals surface area contributed by atoms with Crippen LogP contribution in [0.15, 0.2) is 96.1 Å². The van der Waals surface area contributed by atoms with Crippen LogP contribution in [-0.2, 0) is 4.79 Å². The number of hydrogen-bond donors (Lipinski definition) is 2. The Morgan fingerprint density at radius 2 is 1.66 bits per heavy atom. The smallest absolute Gasteiger partial charge is 0.269 e. The molecule has 6 rings (SSSR count). The normalized spacial score (nSPS) is 14.8. The first-order valence-electron chi connectivity index (χ1n) is 11.9. The van der Waals surface area contributed by atoms with Crippen LogP contribution in [0, 0.1) is 12.7 Å². The van der Waals surface area contributed by atoms with Gasteiger partial charge in [-0.15, -0.1) is 0 Å².